The highest BCUT2D eigenvalue weighted by molar-refractivity contribution is 5.96. The lowest BCUT2D eigenvalue weighted by Crippen LogP contribution is -2.52. The van der Waals surface area contributed by atoms with E-state index < -0.39 is 23.7 Å². The first-order chi connectivity index (χ1) is 16.7. The second-order valence-electron chi connectivity index (χ2n) is 9.52. The van der Waals surface area contributed by atoms with Gasteiger partial charge >= 0.3 is 0 Å². The zero-order valence-corrected chi connectivity index (χ0v) is 21.0. The van der Waals surface area contributed by atoms with Crippen LogP contribution in [-0.4, -0.2) is 34.5 Å². The zero-order chi connectivity index (χ0) is 25.8. The summed E-state index contributed by atoms with van der Waals surface area (Å²) in [6.07, 6.45) is 4.38. The van der Waals surface area contributed by atoms with Gasteiger partial charge in [-0.05, 0) is 42.4 Å². The smallest absolute Gasteiger partial charge is 0.272 e. The average Bonchev–Trinajstić information content (AvgIpc) is 2.85. The Morgan fingerprint density at radius 2 is 1.46 bits per heavy atom. The summed E-state index contributed by atoms with van der Waals surface area (Å²) in [4.78, 5) is 39.3. The number of hydrogen-bond acceptors (Lipinski definition) is 4. The molecule has 0 aliphatic carbocycles. The number of nitrogens with zero attached hydrogens (tertiary/aromatic N) is 1. The summed E-state index contributed by atoms with van der Waals surface area (Å²) in [5.41, 5.74) is 5.93. The fraction of sp³-hybridized carbons (Fsp3) is 0.393. The first kappa shape index (κ1) is 27.8. The highest BCUT2D eigenvalue weighted by Gasteiger charge is 2.35. The minimum absolute atomic E-state index is 0.108. The van der Waals surface area contributed by atoms with Crippen molar-refractivity contribution in [1.82, 2.24) is 15.9 Å². The van der Waals surface area contributed by atoms with Crippen molar-refractivity contribution in [2.24, 2.45) is 23.7 Å². The molecule has 2 rings (SSSR count). The van der Waals surface area contributed by atoms with Gasteiger partial charge in [0.1, 0.15) is 0 Å². The minimum Gasteiger partial charge on any atom is -0.289 e. The first-order valence-corrected chi connectivity index (χ1v) is 12.1. The summed E-state index contributed by atoms with van der Waals surface area (Å²) in [7, 11) is 0. The zero-order valence-electron chi connectivity index (χ0n) is 21.0. The van der Waals surface area contributed by atoms with E-state index in [1.807, 2.05) is 76.2 Å². The van der Waals surface area contributed by atoms with E-state index in [2.05, 4.69) is 5.43 Å². The van der Waals surface area contributed by atoms with Crippen LogP contribution in [0.4, 0.5) is 0 Å². The monoisotopic (exact) mass is 479 g/mol. The first-order valence-electron chi connectivity index (χ1n) is 12.1. The van der Waals surface area contributed by atoms with Crippen molar-refractivity contribution in [3.05, 3.63) is 77.9 Å². The summed E-state index contributed by atoms with van der Waals surface area (Å²) in [6.45, 7) is 8.17. The van der Waals surface area contributed by atoms with Gasteiger partial charge in [0.25, 0.3) is 5.91 Å². The van der Waals surface area contributed by atoms with E-state index in [4.69, 9.17) is 0 Å². The minimum atomic E-state index is -0.810. The van der Waals surface area contributed by atoms with Gasteiger partial charge in [0, 0.05) is 12.1 Å². The summed E-state index contributed by atoms with van der Waals surface area (Å²) in [5, 5.41) is 10.7. The summed E-state index contributed by atoms with van der Waals surface area (Å²) in [5.74, 6) is -2.71. The molecule has 2 atom stereocenters. The van der Waals surface area contributed by atoms with Crippen LogP contribution in [0.3, 0.4) is 0 Å². The third-order valence-electron chi connectivity index (χ3n) is 5.55. The molecule has 0 aliphatic rings. The lowest BCUT2D eigenvalue weighted by molar-refractivity contribution is -0.142. The Bertz CT molecular complexity index is 974. The van der Waals surface area contributed by atoms with Crippen molar-refractivity contribution in [2.75, 3.05) is 6.54 Å². The SMILES string of the molecule is CC(C)C[C@H](C(=O)NN(CC(C)C)C(=O)c1ccccc1)[C@H](CC=Cc1ccccc1)C(=O)NO. The molecule has 35 heavy (non-hydrogen) atoms. The van der Waals surface area contributed by atoms with Crippen molar-refractivity contribution >= 4 is 23.8 Å². The molecule has 2 aromatic carbocycles. The van der Waals surface area contributed by atoms with Crippen LogP contribution in [0.2, 0.25) is 0 Å². The number of carbonyl (C=O) groups is 3. The standard InChI is InChI=1S/C28H37N3O4/c1-20(2)18-25(24(27(33)30-35)17-11-14-22-12-7-5-8-13-22)26(32)29-31(19-21(3)4)28(34)23-15-9-6-10-16-23/h5-16,20-21,24-25,35H,17-19H2,1-4H3,(H,29,32)(H,30,33)/t24-,25-/m0/s1. The maximum atomic E-state index is 13.5. The Balaban J connectivity index is 2.29. The van der Waals surface area contributed by atoms with Crippen LogP contribution in [0.15, 0.2) is 66.7 Å². The number of hydrazine groups is 1. The molecular formula is C28H37N3O4. The number of nitrogens with one attached hydrogen (secondary N) is 2. The van der Waals surface area contributed by atoms with Gasteiger partial charge in [0.2, 0.25) is 11.8 Å². The van der Waals surface area contributed by atoms with Gasteiger partial charge in [-0.1, -0.05) is 88.4 Å². The van der Waals surface area contributed by atoms with E-state index in [-0.39, 0.29) is 24.2 Å². The molecule has 0 saturated carbocycles. The predicted octanol–water partition coefficient (Wildman–Crippen LogP) is 4.70. The Hall–Kier alpha value is -3.45. The van der Waals surface area contributed by atoms with Crippen molar-refractivity contribution in [2.45, 2.75) is 40.5 Å². The van der Waals surface area contributed by atoms with Crippen LogP contribution < -0.4 is 10.9 Å². The summed E-state index contributed by atoms with van der Waals surface area (Å²) < 4.78 is 0. The van der Waals surface area contributed by atoms with Gasteiger partial charge < -0.3 is 0 Å². The molecule has 0 unspecified atom stereocenters. The van der Waals surface area contributed by atoms with E-state index in [0.29, 0.717) is 18.5 Å². The third-order valence-corrected chi connectivity index (χ3v) is 5.55. The van der Waals surface area contributed by atoms with E-state index in [9.17, 15) is 19.6 Å². The lowest BCUT2D eigenvalue weighted by atomic mass is 9.82. The number of hydrogen-bond donors (Lipinski definition) is 3. The molecule has 0 spiro atoms. The second-order valence-corrected chi connectivity index (χ2v) is 9.52. The number of rotatable bonds is 11. The fourth-order valence-electron chi connectivity index (χ4n) is 3.91. The molecule has 0 fully saturated rings. The van der Waals surface area contributed by atoms with Crippen LogP contribution in [0.1, 0.15) is 56.5 Å². The maximum absolute atomic E-state index is 13.5. The van der Waals surface area contributed by atoms with Crippen LogP contribution in [0, 0.1) is 23.7 Å². The Kier molecular flexibility index (Phi) is 11.2. The fourth-order valence-corrected chi connectivity index (χ4v) is 3.91. The Morgan fingerprint density at radius 3 is 2.00 bits per heavy atom. The molecule has 3 N–H and O–H groups in total. The molecule has 188 valence electrons. The van der Waals surface area contributed by atoms with Crippen LogP contribution in [-0.2, 0) is 9.59 Å². The number of carbonyl (C=O) groups excluding carboxylic acids is 3. The van der Waals surface area contributed by atoms with Gasteiger partial charge in [-0.25, -0.2) is 10.5 Å². The highest BCUT2D eigenvalue weighted by atomic mass is 16.5. The van der Waals surface area contributed by atoms with E-state index in [1.165, 1.54) is 5.01 Å². The lowest BCUT2D eigenvalue weighted by Gasteiger charge is -2.30. The molecule has 0 radical (unpaired) electrons. The number of allylic oxidation sites excluding steroid dienone is 1. The molecule has 0 heterocycles. The molecular weight excluding hydrogens is 442 g/mol. The Labute approximate surface area is 208 Å². The average molecular weight is 480 g/mol. The second kappa shape index (κ2) is 14.1. The number of amides is 3. The molecule has 7 nitrogen and oxygen atoms in total. The van der Waals surface area contributed by atoms with E-state index >= 15 is 0 Å². The quantitative estimate of drug-likeness (QED) is 0.321. The van der Waals surface area contributed by atoms with E-state index in [0.717, 1.165) is 5.56 Å². The van der Waals surface area contributed by atoms with Crippen LogP contribution >= 0.6 is 0 Å². The maximum Gasteiger partial charge on any atom is 0.272 e. The van der Waals surface area contributed by atoms with Gasteiger partial charge in [-0.2, -0.15) is 0 Å². The van der Waals surface area contributed by atoms with Crippen molar-refractivity contribution in [3.63, 3.8) is 0 Å². The molecule has 0 aromatic heterocycles. The molecule has 7 heteroatoms. The largest absolute Gasteiger partial charge is 0.289 e. The summed E-state index contributed by atoms with van der Waals surface area (Å²) in [6, 6.07) is 18.4. The van der Waals surface area contributed by atoms with Gasteiger partial charge in [0.15, 0.2) is 0 Å². The molecule has 2 aromatic rings. The number of benzene rings is 2. The van der Waals surface area contributed by atoms with Gasteiger partial charge in [-0.3, -0.25) is 25.0 Å². The van der Waals surface area contributed by atoms with Crippen molar-refractivity contribution < 1.29 is 19.6 Å². The van der Waals surface area contributed by atoms with Crippen molar-refractivity contribution in [1.29, 1.82) is 0 Å². The molecule has 0 bridgehead atoms. The van der Waals surface area contributed by atoms with Crippen molar-refractivity contribution in [3.8, 4) is 0 Å². The van der Waals surface area contributed by atoms with Crippen LogP contribution in [0.25, 0.3) is 6.08 Å². The molecule has 0 aliphatic heterocycles. The van der Waals surface area contributed by atoms with Gasteiger partial charge in [0.05, 0.1) is 11.8 Å². The topological polar surface area (TPSA) is 98.7 Å². The molecule has 3 amide bonds. The van der Waals surface area contributed by atoms with E-state index in [1.54, 1.807) is 29.7 Å². The Morgan fingerprint density at radius 1 is 0.857 bits per heavy atom. The predicted molar refractivity (Wildman–Crippen MR) is 137 cm³/mol. The van der Waals surface area contributed by atoms with Crippen LogP contribution in [0.5, 0.6) is 0 Å². The number of hydroxylamine groups is 1. The molecule has 0 saturated heterocycles. The summed E-state index contributed by atoms with van der Waals surface area (Å²) >= 11 is 0. The highest BCUT2D eigenvalue weighted by Crippen LogP contribution is 2.26. The van der Waals surface area contributed by atoms with Gasteiger partial charge in [-0.15, -0.1) is 0 Å². The normalized spacial score (nSPS) is 13.0. The third kappa shape index (κ3) is 9.02.